The van der Waals surface area contributed by atoms with E-state index in [-0.39, 0.29) is 16.5 Å². The van der Waals surface area contributed by atoms with E-state index in [4.69, 9.17) is 11.6 Å². The third-order valence-electron chi connectivity index (χ3n) is 3.43. The summed E-state index contributed by atoms with van der Waals surface area (Å²) in [5.41, 5.74) is 0.729. The molecule has 0 spiro atoms. The summed E-state index contributed by atoms with van der Waals surface area (Å²) in [5.74, 6) is -0.415. The SMILES string of the molecule is O=C(Nc1ccccc1Cl)c1cccc(S(=O)(=O)NC2CC2)c1. The Morgan fingerprint density at radius 3 is 2.52 bits per heavy atom. The first-order valence-corrected chi connectivity index (χ1v) is 9.00. The highest BCUT2D eigenvalue weighted by Crippen LogP contribution is 2.24. The highest BCUT2D eigenvalue weighted by Gasteiger charge is 2.28. The summed E-state index contributed by atoms with van der Waals surface area (Å²) in [6.07, 6.45) is 1.71. The van der Waals surface area contributed by atoms with Gasteiger partial charge in [-0.3, -0.25) is 4.79 Å². The topological polar surface area (TPSA) is 75.3 Å². The van der Waals surface area contributed by atoms with Crippen molar-refractivity contribution in [2.24, 2.45) is 0 Å². The van der Waals surface area contributed by atoms with Gasteiger partial charge in [0.15, 0.2) is 0 Å². The van der Waals surface area contributed by atoms with Crippen LogP contribution < -0.4 is 10.0 Å². The Morgan fingerprint density at radius 2 is 1.83 bits per heavy atom. The lowest BCUT2D eigenvalue weighted by Gasteiger charge is -2.09. The number of para-hydroxylation sites is 1. The first-order valence-electron chi connectivity index (χ1n) is 7.14. The van der Waals surface area contributed by atoms with Crippen LogP contribution in [0.5, 0.6) is 0 Å². The molecule has 0 aromatic heterocycles. The Bertz CT molecular complexity index is 848. The Kier molecular flexibility index (Phi) is 4.39. The molecule has 1 aliphatic carbocycles. The van der Waals surface area contributed by atoms with Crippen molar-refractivity contribution in [2.45, 2.75) is 23.8 Å². The van der Waals surface area contributed by atoms with Gasteiger partial charge in [0.25, 0.3) is 5.91 Å². The number of anilines is 1. The Hall–Kier alpha value is -1.89. The van der Waals surface area contributed by atoms with E-state index < -0.39 is 15.9 Å². The van der Waals surface area contributed by atoms with Gasteiger partial charge < -0.3 is 5.32 Å². The molecule has 2 aromatic rings. The van der Waals surface area contributed by atoms with Crippen molar-refractivity contribution in [1.29, 1.82) is 0 Å². The van der Waals surface area contributed by atoms with Gasteiger partial charge in [-0.15, -0.1) is 0 Å². The lowest BCUT2D eigenvalue weighted by molar-refractivity contribution is 0.102. The van der Waals surface area contributed by atoms with Gasteiger partial charge in [-0.2, -0.15) is 0 Å². The largest absolute Gasteiger partial charge is 0.321 e. The van der Waals surface area contributed by atoms with Gasteiger partial charge in [-0.25, -0.2) is 13.1 Å². The maximum absolute atomic E-state index is 12.3. The monoisotopic (exact) mass is 350 g/mol. The third kappa shape index (κ3) is 3.90. The molecule has 0 unspecified atom stereocenters. The lowest BCUT2D eigenvalue weighted by atomic mass is 10.2. The Morgan fingerprint density at radius 1 is 1.09 bits per heavy atom. The van der Waals surface area contributed by atoms with E-state index >= 15 is 0 Å². The summed E-state index contributed by atoms with van der Waals surface area (Å²) in [6, 6.07) is 12.8. The van der Waals surface area contributed by atoms with E-state index in [2.05, 4.69) is 10.0 Å². The Labute approximate surface area is 139 Å². The molecular formula is C16H15ClN2O3S. The number of hydrogen-bond acceptors (Lipinski definition) is 3. The van der Waals surface area contributed by atoms with Crippen molar-refractivity contribution in [3.63, 3.8) is 0 Å². The van der Waals surface area contributed by atoms with Crippen LogP contribution in [-0.2, 0) is 10.0 Å². The summed E-state index contributed by atoms with van der Waals surface area (Å²) in [5, 5.41) is 3.09. The van der Waals surface area contributed by atoms with Gasteiger partial charge in [0.05, 0.1) is 15.6 Å². The number of halogens is 1. The molecule has 0 bridgehead atoms. The number of amides is 1. The molecule has 1 fully saturated rings. The molecule has 3 rings (SSSR count). The van der Waals surface area contributed by atoms with E-state index in [1.54, 1.807) is 36.4 Å². The molecule has 0 saturated heterocycles. The Balaban J connectivity index is 1.81. The molecule has 1 saturated carbocycles. The van der Waals surface area contributed by atoms with Gasteiger partial charge in [-0.1, -0.05) is 29.8 Å². The van der Waals surface area contributed by atoms with E-state index in [1.165, 1.54) is 12.1 Å². The maximum Gasteiger partial charge on any atom is 0.255 e. The highest BCUT2D eigenvalue weighted by atomic mass is 35.5. The van der Waals surface area contributed by atoms with E-state index in [0.717, 1.165) is 12.8 Å². The second-order valence-corrected chi connectivity index (χ2v) is 7.48. The first kappa shape index (κ1) is 16.0. The molecule has 1 amide bonds. The smallest absolute Gasteiger partial charge is 0.255 e. The van der Waals surface area contributed by atoms with Gasteiger partial charge >= 0.3 is 0 Å². The van der Waals surface area contributed by atoms with Gasteiger partial charge in [-0.05, 0) is 43.2 Å². The third-order valence-corrected chi connectivity index (χ3v) is 5.28. The van der Waals surface area contributed by atoms with Crippen LogP contribution in [0.2, 0.25) is 5.02 Å². The molecule has 23 heavy (non-hydrogen) atoms. The fourth-order valence-corrected chi connectivity index (χ4v) is 3.58. The minimum Gasteiger partial charge on any atom is -0.321 e. The zero-order valence-electron chi connectivity index (χ0n) is 12.1. The van der Waals surface area contributed by atoms with Gasteiger partial charge in [0, 0.05) is 11.6 Å². The molecule has 2 aromatic carbocycles. The second-order valence-electron chi connectivity index (χ2n) is 5.36. The molecule has 1 aliphatic rings. The molecule has 0 aliphatic heterocycles. The fourth-order valence-electron chi connectivity index (χ4n) is 2.05. The number of rotatable bonds is 5. The van der Waals surface area contributed by atoms with E-state index in [1.807, 2.05) is 0 Å². The van der Waals surface area contributed by atoms with Crippen LogP contribution in [0.15, 0.2) is 53.4 Å². The van der Waals surface area contributed by atoms with Crippen LogP contribution in [0.4, 0.5) is 5.69 Å². The quantitative estimate of drug-likeness (QED) is 0.870. The lowest BCUT2D eigenvalue weighted by Crippen LogP contribution is -2.26. The van der Waals surface area contributed by atoms with E-state index in [0.29, 0.717) is 10.7 Å². The zero-order chi connectivity index (χ0) is 16.4. The molecule has 7 heteroatoms. The predicted molar refractivity (Wildman–Crippen MR) is 89.2 cm³/mol. The van der Waals surface area contributed by atoms with Crippen molar-refractivity contribution >= 4 is 33.2 Å². The van der Waals surface area contributed by atoms with Crippen LogP contribution in [0.25, 0.3) is 0 Å². The van der Waals surface area contributed by atoms with Crippen molar-refractivity contribution < 1.29 is 13.2 Å². The molecule has 2 N–H and O–H groups in total. The van der Waals surface area contributed by atoms with Crippen molar-refractivity contribution in [3.05, 3.63) is 59.1 Å². The van der Waals surface area contributed by atoms with Crippen LogP contribution in [-0.4, -0.2) is 20.4 Å². The van der Waals surface area contributed by atoms with Gasteiger partial charge in [0.2, 0.25) is 10.0 Å². The molecule has 0 atom stereocenters. The number of benzene rings is 2. The fraction of sp³-hybridized carbons (Fsp3) is 0.188. The maximum atomic E-state index is 12.3. The minimum absolute atomic E-state index is 0.0145. The summed E-state index contributed by atoms with van der Waals surface area (Å²) in [7, 11) is -3.59. The molecule has 120 valence electrons. The van der Waals surface area contributed by atoms with Crippen LogP contribution in [0, 0.1) is 0 Å². The summed E-state index contributed by atoms with van der Waals surface area (Å²) < 4.78 is 27.0. The van der Waals surface area contributed by atoms with Crippen molar-refractivity contribution in [3.8, 4) is 0 Å². The number of sulfonamides is 1. The average Bonchev–Trinajstić information content (AvgIpc) is 3.33. The number of nitrogens with one attached hydrogen (secondary N) is 2. The van der Waals surface area contributed by atoms with Gasteiger partial charge in [0.1, 0.15) is 0 Å². The summed E-state index contributed by atoms with van der Waals surface area (Å²) in [4.78, 5) is 12.4. The van der Waals surface area contributed by atoms with Crippen molar-refractivity contribution in [1.82, 2.24) is 4.72 Å². The van der Waals surface area contributed by atoms with Crippen LogP contribution in [0.1, 0.15) is 23.2 Å². The number of hydrogen-bond donors (Lipinski definition) is 2. The second kappa shape index (κ2) is 6.31. The summed E-state index contributed by atoms with van der Waals surface area (Å²) in [6.45, 7) is 0. The normalized spacial score (nSPS) is 14.5. The number of carbonyl (C=O) groups is 1. The molecule has 0 radical (unpaired) electrons. The van der Waals surface area contributed by atoms with E-state index in [9.17, 15) is 13.2 Å². The zero-order valence-corrected chi connectivity index (χ0v) is 13.7. The minimum atomic E-state index is -3.59. The van der Waals surface area contributed by atoms with Crippen LogP contribution in [0.3, 0.4) is 0 Å². The summed E-state index contributed by atoms with van der Waals surface area (Å²) >= 11 is 6.00. The number of carbonyl (C=O) groups excluding carboxylic acids is 1. The highest BCUT2D eigenvalue weighted by molar-refractivity contribution is 7.89. The van der Waals surface area contributed by atoms with Crippen molar-refractivity contribution in [2.75, 3.05) is 5.32 Å². The standard InChI is InChI=1S/C16H15ClN2O3S/c17-14-6-1-2-7-15(14)18-16(20)11-4-3-5-13(10-11)23(21,22)19-12-8-9-12/h1-7,10,12,19H,8-9H2,(H,18,20). The molecular weight excluding hydrogens is 336 g/mol. The predicted octanol–water partition coefficient (Wildman–Crippen LogP) is 3.03. The van der Waals surface area contributed by atoms with Crippen LogP contribution >= 0.6 is 11.6 Å². The molecule has 0 heterocycles. The molecule has 5 nitrogen and oxygen atoms in total. The average molecular weight is 351 g/mol. The first-order chi connectivity index (χ1) is 11.0.